The lowest BCUT2D eigenvalue weighted by Crippen LogP contribution is -2.40. The number of hydrogen-bond acceptors (Lipinski definition) is 3. The van der Waals surface area contributed by atoms with E-state index in [9.17, 15) is 9.59 Å². The van der Waals surface area contributed by atoms with Gasteiger partial charge in [-0.25, -0.2) is 0 Å². The van der Waals surface area contributed by atoms with Gasteiger partial charge >= 0.3 is 0 Å². The van der Waals surface area contributed by atoms with Crippen LogP contribution in [0.4, 0.5) is 5.69 Å². The average Bonchev–Trinajstić information content (AvgIpc) is 2.37. The second kappa shape index (κ2) is 6.76. The van der Waals surface area contributed by atoms with E-state index in [2.05, 4.69) is 5.32 Å². The van der Waals surface area contributed by atoms with Gasteiger partial charge in [0.25, 0.3) is 5.91 Å². The summed E-state index contributed by atoms with van der Waals surface area (Å²) in [5.74, 6) is -0.457. The summed E-state index contributed by atoms with van der Waals surface area (Å²) >= 11 is 0. The Kier molecular flexibility index (Phi) is 5.32. The number of anilines is 1. The van der Waals surface area contributed by atoms with Crippen LogP contribution in [0.25, 0.3) is 0 Å². The molecule has 1 unspecified atom stereocenters. The molecule has 0 aliphatic heterocycles. The van der Waals surface area contributed by atoms with Gasteiger partial charge in [-0.1, -0.05) is 18.2 Å². The van der Waals surface area contributed by atoms with Crippen molar-refractivity contribution < 1.29 is 14.3 Å². The van der Waals surface area contributed by atoms with Gasteiger partial charge in [0, 0.05) is 19.8 Å². The molecule has 0 aliphatic carbocycles. The van der Waals surface area contributed by atoms with Crippen molar-refractivity contribution in [2.45, 2.75) is 13.0 Å². The number of carbonyl (C=O) groups excluding carboxylic acids is 2. The first-order valence-corrected chi connectivity index (χ1v) is 5.67. The third-order valence-electron chi connectivity index (χ3n) is 2.52. The molecule has 0 fully saturated rings. The van der Waals surface area contributed by atoms with Gasteiger partial charge in [0.1, 0.15) is 6.10 Å². The Morgan fingerprint density at radius 2 is 1.94 bits per heavy atom. The van der Waals surface area contributed by atoms with Gasteiger partial charge in [0.15, 0.2) is 0 Å². The van der Waals surface area contributed by atoms with Gasteiger partial charge in [-0.15, -0.1) is 0 Å². The summed E-state index contributed by atoms with van der Waals surface area (Å²) in [5, 5.41) is 2.71. The van der Waals surface area contributed by atoms with E-state index in [1.165, 1.54) is 12.0 Å². The van der Waals surface area contributed by atoms with E-state index >= 15 is 0 Å². The monoisotopic (exact) mass is 250 g/mol. The van der Waals surface area contributed by atoms with Crippen LogP contribution in [0, 0.1) is 0 Å². The molecule has 18 heavy (non-hydrogen) atoms. The van der Waals surface area contributed by atoms with Crippen molar-refractivity contribution in [2.75, 3.05) is 26.0 Å². The number of carbonyl (C=O) groups is 2. The molecule has 1 atom stereocenters. The van der Waals surface area contributed by atoms with Crippen LogP contribution in [0.3, 0.4) is 0 Å². The SMILES string of the molecule is COC(C)C(=O)N(C)CC(=O)Nc1ccccc1. The lowest BCUT2D eigenvalue weighted by atomic mass is 10.3. The summed E-state index contributed by atoms with van der Waals surface area (Å²) in [6, 6.07) is 9.11. The molecule has 5 heteroatoms. The fourth-order valence-corrected chi connectivity index (χ4v) is 1.43. The van der Waals surface area contributed by atoms with Crippen molar-refractivity contribution in [1.29, 1.82) is 0 Å². The Bertz CT molecular complexity index is 406. The van der Waals surface area contributed by atoms with Crippen molar-refractivity contribution in [3.05, 3.63) is 30.3 Å². The largest absolute Gasteiger partial charge is 0.372 e. The highest BCUT2D eigenvalue weighted by Gasteiger charge is 2.18. The fraction of sp³-hybridized carbons (Fsp3) is 0.385. The van der Waals surface area contributed by atoms with Crippen LogP contribution in [0.15, 0.2) is 30.3 Å². The Hall–Kier alpha value is -1.88. The minimum Gasteiger partial charge on any atom is -0.372 e. The quantitative estimate of drug-likeness (QED) is 0.852. The Balaban J connectivity index is 2.48. The maximum atomic E-state index is 11.7. The smallest absolute Gasteiger partial charge is 0.251 e. The number of amides is 2. The number of hydrogen-bond donors (Lipinski definition) is 1. The van der Waals surface area contributed by atoms with Crippen molar-refractivity contribution in [3.8, 4) is 0 Å². The minimum atomic E-state index is -0.542. The molecule has 0 aliphatic rings. The topological polar surface area (TPSA) is 58.6 Å². The maximum absolute atomic E-state index is 11.7. The van der Waals surface area contributed by atoms with Crippen molar-refractivity contribution >= 4 is 17.5 Å². The minimum absolute atomic E-state index is 0.00142. The molecule has 98 valence electrons. The number of rotatable bonds is 5. The van der Waals surface area contributed by atoms with Gasteiger partial charge in [0.05, 0.1) is 6.54 Å². The summed E-state index contributed by atoms with van der Waals surface area (Å²) in [5.41, 5.74) is 0.711. The van der Waals surface area contributed by atoms with Crippen molar-refractivity contribution in [3.63, 3.8) is 0 Å². The summed E-state index contributed by atoms with van der Waals surface area (Å²) in [6.45, 7) is 1.65. The lowest BCUT2D eigenvalue weighted by Gasteiger charge is -2.19. The second-order valence-corrected chi connectivity index (χ2v) is 3.99. The lowest BCUT2D eigenvalue weighted by molar-refractivity contribution is -0.141. The molecule has 1 rings (SSSR count). The van der Waals surface area contributed by atoms with E-state index in [1.807, 2.05) is 18.2 Å². The number of nitrogens with one attached hydrogen (secondary N) is 1. The first-order valence-electron chi connectivity index (χ1n) is 5.67. The molecule has 0 aromatic heterocycles. The molecule has 0 saturated heterocycles. The Morgan fingerprint density at radius 1 is 1.33 bits per heavy atom. The van der Waals surface area contributed by atoms with E-state index in [1.54, 1.807) is 26.1 Å². The van der Waals surface area contributed by atoms with Gasteiger partial charge in [-0.2, -0.15) is 0 Å². The Labute approximate surface area is 107 Å². The zero-order valence-corrected chi connectivity index (χ0v) is 10.8. The third kappa shape index (κ3) is 4.18. The van der Waals surface area contributed by atoms with E-state index in [0.717, 1.165) is 0 Å². The predicted molar refractivity (Wildman–Crippen MR) is 69.2 cm³/mol. The highest BCUT2D eigenvalue weighted by molar-refractivity contribution is 5.94. The second-order valence-electron chi connectivity index (χ2n) is 3.99. The number of methoxy groups -OCH3 is 1. The van der Waals surface area contributed by atoms with Crippen LogP contribution in [-0.4, -0.2) is 43.5 Å². The molecule has 0 spiro atoms. The van der Waals surface area contributed by atoms with Gasteiger partial charge < -0.3 is 15.0 Å². The summed E-state index contributed by atoms with van der Waals surface area (Å²) in [6.07, 6.45) is -0.542. The number of likely N-dealkylation sites (N-methyl/N-ethyl adjacent to an activating group) is 1. The van der Waals surface area contributed by atoms with Crippen molar-refractivity contribution in [1.82, 2.24) is 4.90 Å². The van der Waals surface area contributed by atoms with E-state index < -0.39 is 6.10 Å². The third-order valence-corrected chi connectivity index (χ3v) is 2.52. The highest BCUT2D eigenvalue weighted by atomic mass is 16.5. The van der Waals surface area contributed by atoms with E-state index in [0.29, 0.717) is 5.69 Å². The first-order chi connectivity index (χ1) is 8.54. The Morgan fingerprint density at radius 3 is 2.50 bits per heavy atom. The van der Waals surface area contributed by atoms with E-state index in [-0.39, 0.29) is 18.4 Å². The van der Waals surface area contributed by atoms with Crippen LogP contribution in [0.5, 0.6) is 0 Å². The van der Waals surface area contributed by atoms with Crippen LogP contribution in [0.2, 0.25) is 0 Å². The van der Waals surface area contributed by atoms with E-state index in [4.69, 9.17) is 4.74 Å². The number of benzene rings is 1. The number of ether oxygens (including phenoxy) is 1. The van der Waals surface area contributed by atoms with Gasteiger partial charge in [0.2, 0.25) is 5.91 Å². The zero-order valence-electron chi connectivity index (χ0n) is 10.8. The number of nitrogens with zero attached hydrogens (tertiary/aromatic N) is 1. The van der Waals surface area contributed by atoms with Crippen LogP contribution in [-0.2, 0) is 14.3 Å². The first kappa shape index (κ1) is 14.2. The van der Waals surface area contributed by atoms with Crippen molar-refractivity contribution in [2.24, 2.45) is 0 Å². The number of para-hydroxylation sites is 1. The summed E-state index contributed by atoms with van der Waals surface area (Å²) < 4.78 is 4.91. The molecule has 1 aromatic rings. The van der Waals surface area contributed by atoms with Crippen LogP contribution in [0.1, 0.15) is 6.92 Å². The summed E-state index contributed by atoms with van der Waals surface area (Å²) in [4.78, 5) is 24.7. The van der Waals surface area contributed by atoms with Gasteiger partial charge in [-0.3, -0.25) is 9.59 Å². The molecular formula is C13H18N2O3. The highest BCUT2D eigenvalue weighted by Crippen LogP contribution is 2.05. The molecule has 2 amide bonds. The predicted octanol–water partition coefficient (Wildman–Crippen LogP) is 1.12. The molecule has 1 aromatic carbocycles. The molecule has 0 bridgehead atoms. The van der Waals surface area contributed by atoms with Crippen LogP contribution < -0.4 is 5.32 Å². The summed E-state index contributed by atoms with van der Waals surface area (Å²) in [7, 11) is 3.03. The molecule has 5 nitrogen and oxygen atoms in total. The van der Waals surface area contributed by atoms with Gasteiger partial charge in [-0.05, 0) is 19.1 Å². The molecular weight excluding hydrogens is 232 g/mol. The standard InChI is InChI=1S/C13H18N2O3/c1-10(18-3)13(17)15(2)9-12(16)14-11-7-5-4-6-8-11/h4-8,10H,9H2,1-3H3,(H,14,16). The molecule has 1 N–H and O–H groups in total. The molecule has 0 heterocycles. The maximum Gasteiger partial charge on any atom is 0.251 e. The van der Waals surface area contributed by atoms with Crippen LogP contribution >= 0.6 is 0 Å². The molecule has 0 radical (unpaired) electrons. The molecule has 0 saturated carbocycles. The average molecular weight is 250 g/mol. The normalized spacial score (nSPS) is 11.7. The fourth-order valence-electron chi connectivity index (χ4n) is 1.43. The zero-order chi connectivity index (χ0) is 13.5.